The molecule has 1 heterocycles. The summed E-state index contributed by atoms with van der Waals surface area (Å²) in [7, 11) is 0. The topological polar surface area (TPSA) is 46.0 Å². The fourth-order valence-electron chi connectivity index (χ4n) is 1.41. The molecule has 3 nitrogen and oxygen atoms in total. The molecule has 1 N–H and O–H groups in total. The molecule has 1 aromatic rings. The zero-order valence-electron chi connectivity index (χ0n) is 8.65. The molecule has 0 amide bonds. The highest BCUT2D eigenvalue weighted by Crippen LogP contribution is 2.18. The van der Waals surface area contributed by atoms with Gasteiger partial charge in [-0.15, -0.1) is 0 Å². The molecule has 1 aromatic heterocycles. The quantitative estimate of drug-likeness (QED) is 0.710. The van der Waals surface area contributed by atoms with Gasteiger partial charge in [0.1, 0.15) is 5.69 Å². The standard InChI is InChI=1S/C10H18N2OS/c1-2-3-4-5-6-7-10(13)9-8-11-14-12-9/h8,10,13H,2-7H2,1H3. The zero-order valence-corrected chi connectivity index (χ0v) is 9.46. The molecule has 0 aromatic carbocycles. The largest absolute Gasteiger partial charge is 0.387 e. The van der Waals surface area contributed by atoms with Crippen molar-refractivity contribution in [2.45, 2.75) is 51.6 Å². The van der Waals surface area contributed by atoms with Crippen LogP contribution in [0.2, 0.25) is 0 Å². The Morgan fingerprint density at radius 2 is 2.14 bits per heavy atom. The molecule has 1 unspecified atom stereocenters. The summed E-state index contributed by atoms with van der Waals surface area (Å²) in [5, 5.41) is 9.67. The first-order valence-corrected chi connectivity index (χ1v) is 6.03. The van der Waals surface area contributed by atoms with Gasteiger partial charge in [0, 0.05) is 0 Å². The van der Waals surface area contributed by atoms with Crippen LogP contribution in [-0.2, 0) is 0 Å². The molecule has 0 bridgehead atoms. The predicted octanol–water partition coefficient (Wildman–Crippen LogP) is 2.93. The average molecular weight is 214 g/mol. The molecular weight excluding hydrogens is 196 g/mol. The van der Waals surface area contributed by atoms with E-state index in [0.29, 0.717) is 0 Å². The van der Waals surface area contributed by atoms with Crippen molar-refractivity contribution in [2.24, 2.45) is 0 Å². The molecule has 14 heavy (non-hydrogen) atoms. The second kappa shape index (κ2) is 6.90. The van der Waals surface area contributed by atoms with E-state index in [-0.39, 0.29) is 0 Å². The fourth-order valence-corrected chi connectivity index (χ4v) is 1.87. The van der Waals surface area contributed by atoms with Crippen molar-refractivity contribution in [3.63, 3.8) is 0 Å². The maximum absolute atomic E-state index is 9.67. The van der Waals surface area contributed by atoms with E-state index in [9.17, 15) is 5.11 Å². The molecule has 0 spiro atoms. The van der Waals surface area contributed by atoms with Crippen LogP contribution in [0.25, 0.3) is 0 Å². The van der Waals surface area contributed by atoms with Gasteiger partial charge in [-0.3, -0.25) is 0 Å². The first kappa shape index (κ1) is 11.6. The molecule has 1 atom stereocenters. The molecule has 0 aliphatic heterocycles. The third-order valence-corrected chi connectivity index (χ3v) is 2.79. The van der Waals surface area contributed by atoms with Crippen LogP contribution in [0.5, 0.6) is 0 Å². The lowest BCUT2D eigenvalue weighted by Gasteiger charge is -2.06. The number of aliphatic hydroxyl groups is 1. The molecule has 0 aliphatic rings. The lowest BCUT2D eigenvalue weighted by atomic mass is 10.1. The molecular formula is C10H18N2OS. The summed E-state index contributed by atoms with van der Waals surface area (Å²) in [6.45, 7) is 2.20. The third-order valence-electron chi connectivity index (χ3n) is 2.30. The highest BCUT2D eigenvalue weighted by molar-refractivity contribution is 6.99. The Kier molecular flexibility index (Phi) is 5.71. The van der Waals surface area contributed by atoms with Crippen molar-refractivity contribution in [1.82, 2.24) is 8.75 Å². The molecule has 0 saturated heterocycles. The fraction of sp³-hybridized carbons (Fsp3) is 0.800. The molecule has 4 heteroatoms. The van der Waals surface area contributed by atoms with Gasteiger partial charge in [0.05, 0.1) is 24.0 Å². The lowest BCUT2D eigenvalue weighted by molar-refractivity contribution is 0.159. The number of aliphatic hydroxyl groups excluding tert-OH is 1. The lowest BCUT2D eigenvalue weighted by Crippen LogP contribution is -1.97. The summed E-state index contributed by atoms with van der Waals surface area (Å²) >= 11 is 1.16. The number of unbranched alkanes of at least 4 members (excludes halogenated alkanes) is 4. The molecule has 1 rings (SSSR count). The SMILES string of the molecule is CCCCCCCC(O)c1cnsn1. The Hall–Kier alpha value is -0.480. The van der Waals surface area contributed by atoms with Crippen LogP contribution in [-0.4, -0.2) is 13.9 Å². The van der Waals surface area contributed by atoms with Gasteiger partial charge in [-0.1, -0.05) is 39.0 Å². The monoisotopic (exact) mass is 214 g/mol. The van der Waals surface area contributed by atoms with E-state index in [1.807, 2.05) is 0 Å². The van der Waals surface area contributed by atoms with Crippen molar-refractivity contribution in [1.29, 1.82) is 0 Å². The smallest absolute Gasteiger partial charge is 0.103 e. The van der Waals surface area contributed by atoms with Crippen LogP contribution < -0.4 is 0 Å². The van der Waals surface area contributed by atoms with Gasteiger partial charge in [0.25, 0.3) is 0 Å². The Balaban J connectivity index is 2.07. The molecule has 80 valence electrons. The first-order chi connectivity index (χ1) is 6.84. The summed E-state index contributed by atoms with van der Waals surface area (Å²) in [4.78, 5) is 0. The van der Waals surface area contributed by atoms with E-state index in [1.165, 1.54) is 25.7 Å². The highest BCUT2D eigenvalue weighted by atomic mass is 32.1. The first-order valence-electron chi connectivity index (χ1n) is 5.30. The molecule has 0 fully saturated rings. The van der Waals surface area contributed by atoms with Crippen LogP contribution >= 0.6 is 11.7 Å². The highest BCUT2D eigenvalue weighted by Gasteiger charge is 2.09. The molecule has 0 radical (unpaired) electrons. The summed E-state index contributed by atoms with van der Waals surface area (Å²) in [6.07, 6.45) is 8.19. The third kappa shape index (κ3) is 4.15. The van der Waals surface area contributed by atoms with Crippen LogP contribution in [0.1, 0.15) is 57.2 Å². The van der Waals surface area contributed by atoms with E-state index >= 15 is 0 Å². The van der Waals surface area contributed by atoms with Crippen molar-refractivity contribution in [3.8, 4) is 0 Å². The van der Waals surface area contributed by atoms with Crippen LogP contribution in [0, 0.1) is 0 Å². The summed E-state index contributed by atoms with van der Waals surface area (Å²) in [5.41, 5.74) is 0.727. The van der Waals surface area contributed by atoms with Crippen molar-refractivity contribution < 1.29 is 5.11 Å². The van der Waals surface area contributed by atoms with Gasteiger partial charge in [0.2, 0.25) is 0 Å². The predicted molar refractivity (Wildman–Crippen MR) is 58.2 cm³/mol. The van der Waals surface area contributed by atoms with Crippen molar-refractivity contribution in [2.75, 3.05) is 0 Å². The second-order valence-corrected chi connectivity index (χ2v) is 4.11. The number of nitrogens with zero attached hydrogens (tertiary/aromatic N) is 2. The maximum Gasteiger partial charge on any atom is 0.103 e. The van der Waals surface area contributed by atoms with Crippen LogP contribution in [0.3, 0.4) is 0 Å². The maximum atomic E-state index is 9.67. The number of rotatable bonds is 7. The Labute approximate surface area is 89.5 Å². The van der Waals surface area contributed by atoms with E-state index in [0.717, 1.165) is 30.3 Å². The average Bonchev–Trinajstić information content (AvgIpc) is 2.70. The van der Waals surface area contributed by atoms with Crippen molar-refractivity contribution in [3.05, 3.63) is 11.9 Å². The molecule has 0 saturated carbocycles. The summed E-state index contributed by atoms with van der Waals surface area (Å²) in [5.74, 6) is 0. The number of hydrogen-bond acceptors (Lipinski definition) is 4. The van der Waals surface area contributed by atoms with Crippen LogP contribution in [0.15, 0.2) is 6.20 Å². The Morgan fingerprint density at radius 1 is 1.36 bits per heavy atom. The number of aromatic nitrogens is 2. The summed E-state index contributed by atoms with van der Waals surface area (Å²) < 4.78 is 7.88. The van der Waals surface area contributed by atoms with Gasteiger partial charge >= 0.3 is 0 Å². The zero-order chi connectivity index (χ0) is 10.2. The minimum Gasteiger partial charge on any atom is -0.387 e. The second-order valence-electron chi connectivity index (χ2n) is 3.55. The Morgan fingerprint density at radius 3 is 2.79 bits per heavy atom. The van der Waals surface area contributed by atoms with Gasteiger partial charge in [-0.05, 0) is 6.42 Å². The van der Waals surface area contributed by atoms with Crippen molar-refractivity contribution >= 4 is 11.7 Å². The van der Waals surface area contributed by atoms with Crippen LogP contribution in [0.4, 0.5) is 0 Å². The number of hydrogen-bond donors (Lipinski definition) is 1. The van der Waals surface area contributed by atoms with Gasteiger partial charge < -0.3 is 5.11 Å². The van der Waals surface area contributed by atoms with E-state index < -0.39 is 6.10 Å². The minimum atomic E-state index is -0.407. The normalized spacial score (nSPS) is 13.0. The Bertz CT molecular complexity index is 226. The van der Waals surface area contributed by atoms with E-state index in [4.69, 9.17) is 0 Å². The van der Waals surface area contributed by atoms with E-state index in [1.54, 1.807) is 6.20 Å². The van der Waals surface area contributed by atoms with E-state index in [2.05, 4.69) is 15.7 Å². The summed E-state index contributed by atoms with van der Waals surface area (Å²) in [6, 6.07) is 0. The van der Waals surface area contributed by atoms with Gasteiger partial charge in [-0.2, -0.15) is 8.75 Å². The minimum absolute atomic E-state index is 0.407. The van der Waals surface area contributed by atoms with Gasteiger partial charge in [0.15, 0.2) is 0 Å². The molecule has 0 aliphatic carbocycles. The van der Waals surface area contributed by atoms with Gasteiger partial charge in [-0.25, -0.2) is 0 Å².